The third kappa shape index (κ3) is 3.05. The summed E-state index contributed by atoms with van der Waals surface area (Å²) in [4.78, 5) is 32.0. The normalized spacial score (nSPS) is 10.4. The Balaban J connectivity index is 1.87. The molecule has 0 aliphatic carbocycles. The molecule has 3 aromatic rings. The van der Waals surface area contributed by atoms with Crippen LogP contribution in [0, 0.1) is 0 Å². The first-order chi connectivity index (χ1) is 10.6. The quantitative estimate of drug-likeness (QED) is 0.748. The number of nitrogens with one attached hydrogen (secondary N) is 1. The van der Waals surface area contributed by atoms with Gasteiger partial charge in [0.25, 0.3) is 11.5 Å². The molecule has 0 aliphatic heterocycles. The van der Waals surface area contributed by atoms with E-state index in [2.05, 4.69) is 15.3 Å². The predicted octanol–water partition coefficient (Wildman–Crippen LogP) is 2.59. The summed E-state index contributed by atoms with van der Waals surface area (Å²) in [5, 5.41) is 4.55. The van der Waals surface area contributed by atoms with E-state index in [1.54, 1.807) is 35.2 Å². The van der Waals surface area contributed by atoms with Gasteiger partial charge in [0.05, 0.1) is 5.51 Å². The number of nitrogens with zero attached hydrogens (tertiary/aromatic N) is 3. The van der Waals surface area contributed by atoms with Crippen molar-refractivity contribution in [1.29, 1.82) is 0 Å². The van der Waals surface area contributed by atoms with E-state index in [0.717, 1.165) is 0 Å². The largest absolute Gasteiger partial charge is 0.320 e. The maximum absolute atomic E-state index is 12.1. The fourth-order valence-corrected chi connectivity index (χ4v) is 2.49. The van der Waals surface area contributed by atoms with Gasteiger partial charge in [0.1, 0.15) is 16.7 Å². The van der Waals surface area contributed by atoms with Crippen LogP contribution in [0.1, 0.15) is 10.5 Å². The number of aromatic nitrogens is 3. The van der Waals surface area contributed by atoms with E-state index < -0.39 is 0 Å². The Labute approximate surface area is 134 Å². The van der Waals surface area contributed by atoms with Crippen molar-refractivity contribution in [1.82, 2.24) is 14.5 Å². The Morgan fingerprint density at radius 3 is 2.86 bits per heavy atom. The predicted molar refractivity (Wildman–Crippen MR) is 84.9 cm³/mol. The number of hydrogen-bond donors (Lipinski definition) is 1. The van der Waals surface area contributed by atoms with E-state index in [-0.39, 0.29) is 11.5 Å². The summed E-state index contributed by atoms with van der Waals surface area (Å²) in [6.45, 7) is 0. The van der Waals surface area contributed by atoms with Crippen LogP contribution in [-0.2, 0) is 0 Å². The first kappa shape index (κ1) is 14.4. The number of anilines is 1. The van der Waals surface area contributed by atoms with E-state index in [0.29, 0.717) is 22.4 Å². The van der Waals surface area contributed by atoms with Crippen LogP contribution in [0.5, 0.6) is 0 Å². The fourth-order valence-electron chi connectivity index (χ4n) is 1.80. The second-order valence-electron chi connectivity index (χ2n) is 4.27. The molecular weight excluding hydrogens is 324 g/mol. The van der Waals surface area contributed by atoms with Crippen LogP contribution in [0.25, 0.3) is 5.82 Å². The molecule has 1 N–H and O–H groups in total. The van der Waals surface area contributed by atoms with Crippen molar-refractivity contribution in [3.05, 3.63) is 68.6 Å². The van der Waals surface area contributed by atoms with Crippen LogP contribution in [0.15, 0.2) is 52.2 Å². The summed E-state index contributed by atoms with van der Waals surface area (Å²) in [7, 11) is 0. The number of hydrogen-bond acceptors (Lipinski definition) is 5. The molecule has 0 saturated carbocycles. The summed E-state index contributed by atoms with van der Waals surface area (Å²) < 4.78 is 1.34. The lowest BCUT2D eigenvalue weighted by Crippen LogP contribution is -2.20. The Hall–Kier alpha value is -2.51. The van der Waals surface area contributed by atoms with Gasteiger partial charge in [0, 0.05) is 23.3 Å². The number of rotatable bonds is 3. The average Bonchev–Trinajstić information content (AvgIpc) is 3.01. The highest BCUT2D eigenvalue weighted by Gasteiger charge is 2.09. The molecule has 0 radical (unpaired) electrons. The van der Waals surface area contributed by atoms with Crippen molar-refractivity contribution < 1.29 is 4.79 Å². The molecule has 3 rings (SSSR count). The van der Waals surface area contributed by atoms with Crippen molar-refractivity contribution in [3.63, 3.8) is 0 Å². The smallest absolute Gasteiger partial charge is 0.275 e. The molecule has 0 unspecified atom stereocenters. The van der Waals surface area contributed by atoms with Crippen LogP contribution in [0.4, 0.5) is 5.69 Å². The van der Waals surface area contributed by atoms with Gasteiger partial charge >= 0.3 is 0 Å². The van der Waals surface area contributed by atoms with E-state index in [1.807, 2.05) is 0 Å². The molecule has 8 heteroatoms. The number of thiazole rings is 1. The number of amides is 1. The Morgan fingerprint density at radius 1 is 1.32 bits per heavy atom. The molecule has 110 valence electrons. The summed E-state index contributed by atoms with van der Waals surface area (Å²) in [6, 6.07) is 7.91. The molecule has 0 aliphatic rings. The molecule has 6 nitrogen and oxygen atoms in total. The molecule has 0 aromatic carbocycles. The molecule has 22 heavy (non-hydrogen) atoms. The van der Waals surface area contributed by atoms with Crippen molar-refractivity contribution in [3.8, 4) is 5.82 Å². The van der Waals surface area contributed by atoms with Gasteiger partial charge in [0.15, 0.2) is 0 Å². The summed E-state index contributed by atoms with van der Waals surface area (Å²) >= 11 is 7.14. The molecule has 0 fully saturated rings. The number of pyridine rings is 2. The second-order valence-corrected chi connectivity index (χ2v) is 5.38. The minimum Gasteiger partial charge on any atom is -0.320 e. The van der Waals surface area contributed by atoms with E-state index in [4.69, 9.17) is 11.6 Å². The van der Waals surface area contributed by atoms with Gasteiger partial charge in [-0.15, -0.1) is 11.3 Å². The SMILES string of the molecule is O=C(Nc1ccn(-c2cccc(Cl)n2)c(=O)c1)c1cscn1. The molecule has 0 saturated heterocycles. The van der Waals surface area contributed by atoms with E-state index >= 15 is 0 Å². The summed E-state index contributed by atoms with van der Waals surface area (Å²) in [5.41, 5.74) is 1.94. The van der Waals surface area contributed by atoms with Gasteiger partial charge in [0.2, 0.25) is 0 Å². The zero-order valence-electron chi connectivity index (χ0n) is 11.1. The highest BCUT2D eigenvalue weighted by atomic mass is 35.5. The van der Waals surface area contributed by atoms with Crippen LogP contribution in [-0.4, -0.2) is 20.4 Å². The highest BCUT2D eigenvalue weighted by Crippen LogP contribution is 2.11. The molecule has 0 bridgehead atoms. The van der Waals surface area contributed by atoms with Gasteiger partial charge in [-0.25, -0.2) is 9.97 Å². The van der Waals surface area contributed by atoms with E-state index in [1.165, 1.54) is 28.2 Å². The van der Waals surface area contributed by atoms with E-state index in [9.17, 15) is 9.59 Å². The molecule has 3 heterocycles. The lowest BCUT2D eigenvalue weighted by atomic mass is 10.3. The van der Waals surface area contributed by atoms with Crippen molar-refractivity contribution >= 4 is 34.5 Å². The number of halogens is 1. The van der Waals surface area contributed by atoms with Gasteiger partial charge in [-0.05, 0) is 18.2 Å². The molecule has 0 atom stereocenters. The van der Waals surface area contributed by atoms with Crippen molar-refractivity contribution in [2.24, 2.45) is 0 Å². The van der Waals surface area contributed by atoms with Gasteiger partial charge in [-0.3, -0.25) is 14.2 Å². The minimum absolute atomic E-state index is 0.297. The topological polar surface area (TPSA) is 76.9 Å². The van der Waals surface area contributed by atoms with Crippen LogP contribution in [0.3, 0.4) is 0 Å². The summed E-state index contributed by atoms with van der Waals surface area (Å²) in [5.74, 6) is 0.0501. The highest BCUT2D eigenvalue weighted by molar-refractivity contribution is 7.07. The third-order valence-corrected chi connectivity index (χ3v) is 3.59. The standard InChI is InChI=1S/C14H9ClN4O2S/c15-11-2-1-3-12(18-11)19-5-4-9(6-13(19)20)17-14(21)10-7-22-8-16-10/h1-8H,(H,17,21). The fraction of sp³-hybridized carbons (Fsp3) is 0. The van der Waals surface area contributed by atoms with Crippen LogP contribution in [0.2, 0.25) is 5.15 Å². The monoisotopic (exact) mass is 332 g/mol. The minimum atomic E-state index is -0.362. The number of carbonyl (C=O) groups is 1. The van der Waals surface area contributed by atoms with Crippen LogP contribution >= 0.6 is 22.9 Å². The zero-order valence-corrected chi connectivity index (χ0v) is 12.6. The molecule has 1 amide bonds. The maximum Gasteiger partial charge on any atom is 0.275 e. The first-order valence-corrected chi connectivity index (χ1v) is 7.51. The average molecular weight is 333 g/mol. The Bertz CT molecular complexity index is 877. The van der Waals surface area contributed by atoms with Crippen molar-refractivity contribution in [2.75, 3.05) is 5.32 Å². The Kier molecular flexibility index (Phi) is 3.99. The molecule has 0 spiro atoms. The Morgan fingerprint density at radius 2 is 2.18 bits per heavy atom. The maximum atomic E-state index is 12.1. The number of carbonyl (C=O) groups excluding carboxylic acids is 1. The van der Waals surface area contributed by atoms with Gasteiger partial charge < -0.3 is 5.32 Å². The lowest BCUT2D eigenvalue weighted by molar-refractivity contribution is 0.102. The summed E-state index contributed by atoms with van der Waals surface area (Å²) in [6.07, 6.45) is 1.53. The third-order valence-electron chi connectivity index (χ3n) is 2.79. The first-order valence-electron chi connectivity index (χ1n) is 6.19. The molecule has 3 aromatic heterocycles. The van der Waals surface area contributed by atoms with Crippen LogP contribution < -0.4 is 10.9 Å². The zero-order chi connectivity index (χ0) is 15.5. The van der Waals surface area contributed by atoms with Gasteiger partial charge in [-0.2, -0.15) is 0 Å². The van der Waals surface area contributed by atoms with Crippen molar-refractivity contribution in [2.45, 2.75) is 0 Å². The second kappa shape index (κ2) is 6.08. The van der Waals surface area contributed by atoms with Gasteiger partial charge in [-0.1, -0.05) is 17.7 Å². The molecular formula is C14H9ClN4O2S. The lowest BCUT2D eigenvalue weighted by Gasteiger charge is -2.07.